The number of hydrogen-bond donors (Lipinski definition) is 3. The predicted octanol–water partition coefficient (Wildman–Crippen LogP) is 4.91. The molecule has 0 saturated carbocycles. The molecule has 0 aliphatic heterocycles. The van der Waals surface area contributed by atoms with E-state index in [4.69, 9.17) is 4.98 Å². The molecule has 0 fully saturated rings. The third kappa shape index (κ3) is 1.97. The predicted molar refractivity (Wildman–Crippen MR) is 117 cm³/mol. The van der Waals surface area contributed by atoms with E-state index in [9.17, 15) is 0 Å². The Kier molecular flexibility index (Phi) is 3.28. The number of rotatable bonds is 4. The van der Waals surface area contributed by atoms with Crippen molar-refractivity contribution >= 4 is 54.5 Å². The molecular formula is C23H21N5. The molecule has 3 heterocycles. The molecule has 6 rings (SSSR count). The van der Waals surface area contributed by atoms with Gasteiger partial charge in [0.1, 0.15) is 0 Å². The van der Waals surface area contributed by atoms with Gasteiger partial charge in [0.05, 0.1) is 22.1 Å². The van der Waals surface area contributed by atoms with Crippen LogP contribution >= 0.6 is 0 Å². The summed E-state index contributed by atoms with van der Waals surface area (Å²) in [7, 11) is 2.01. The smallest absolute Gasteiger partial charge is 0.0967 e. The van der Waals surface area contributed by atoms with Crippen molar-refractivity contribution < 1.29 is 0 Å². The first-order chi connectivity index (χ1) is 13.9. The molecule has 5 nitrogen and oxygen atoms in total. The van der Waals surface area contributed by atoms with E-state index in [-0.39, 0.29) is 0 Å². The monoisotopic (exact) mass is 367 g/mol. The topological polar surface area (TPSA) is 61.4 Å². The molecule has 28 heavy (non-hydrogen) atoms. The summed E-state index contributed by atoms with van der Waals surface area (Å²) < 4.78 is 2.45. The van der Waals surface area contributed by atoms with Crippen LogP contribution in [0.15, 0.2) is 54.7 Å². The average Bonchev–Trinajstić information content (AvgIpc) is 3.41. The summed E-state index contributed by atoms with van der Waals surface area (Å²) in [6.45, 7) is 1.95. The van der Waals surface area contributed by atoms with Crippen LogP contribution in [0.25, 0.3) is 54.5 Å². The summed E-state index contributed by atoms with van der Waals surface area (Å²) in [6.07, 6.45) is 3.14. The minimum atomic E-state index is 0.957. The molecule has 3 aromatic carbocycles. The number of fused-ring (bicyclic) bond motifs is 10. The number of aromatic nitrogens is 4. The number of aromatic amines is 2. The van der Waals surface area contributed by atoms with Gasteiger partial charge in [-0.2, -0.15) is 0 Å². The third-order valence-corrected chi connectivity index (χ3v) is 5.85. The van der Waals surface area contributed by atoms with Crippen molar-refractivity contribution in [2.75, 3.05) is 13.6 Å². The Labute approximate surface area is 161 Å². The molecule has 5 heteroatoms. The molecule has 3 aromatic heterocycles. The molecule has 0 aliphatic carbocycles. The minimum absolute atomic E-state index is 0.957. The highest BCUT2D eigenvalue weighted by Crippen LogP contribution is 2.42. The third-order valence-electron chi connectivity index (χ3n) is 5.85. The zero-order valence-corrected chi connectivity index (χ0v) is 15.7. The highest BCUT2D eigenvalue weighted by atomic mass is 15.1. The van der Waals surface area contributed by atoms with Crippen LogP contribution in [0.4, 0.5) is 0 Å². The first-order valence-electron chi connectivity index (χ1n) is 9.80. The van der Waals surface area contributed by atoms with Gasteiger partial charge >= 0.3 is 0 Å². The second-order valence-electron chi connectivity index (χ2n) is 7.40. The molecule has 0 saturated heterocycles. The Balaban J connectivity index is 1.88. The van der Waals surface area contributed by atoms with E-state index in [0.29, 0.717) is 0 Å². The van der Waals surface area contributed by atoms with E-state index >= 15 is 0 Å². The highest BCUT2D eigenvalue weighted by Gasteiger charge is 2.21. The molecule has 0 atom stereocenters. The van der Waals surface area contributed by atoms with Crippen LogP contribution in [0.5, 0.6) is 0 Å². The fourth-order valence-electron chi connectivity index (χ4n) is 4.69. The van der Waals surface area contributed by atoms with E-state index in [0.717, 1.165) is 36.1 Å². The number of aryl methyl sites for hydroxylation is 1. The summed E-state index contributed by atoms with van der Waals surface area (Å²) in [5.41, 5.74) is 5.80. The fraction of sp³-hybridized carbons (Fsp3) is 0.174. The lowest BCUT2D eigenvalue weighted by Crippen LogP contribution is -2.11. The van der Waals surface area contributed by atoms with Crippen LogP contribution in [0.3, 0.4) is 0 Å². The standard InChI is InChI=1S/C23H21N5/c1-24-11-6-12-28-18-10-5-3-8-15(18)20-21-16(13-25-27-21)19-14-7-2-4-9-17(14)26-22(19)23(20)28/h2-5,7-10,13,24-25,27H,6,11-12H2,1H3. The van der Waals surface area contributed by atoms with Crippen LogP contribution in [0.2, 0.25) is 0 Å². The number of nitrogens with zero attached hydrogens (tertiary/aromatic N) is 2. The Hall–Kier alpha value is -3.31. The van der Waals surface area contributed by atoms with E-state index < -0.39 is 0 Å². The maximum absolute atomic E-state index is 5.09. The maximum atomic E-state index is 5.09. The van der Waals surface area contributed by atoms with Gasteiger partial charge in [-0.3, -0.25) is 0 Å². The summed E-state index contributed by atoms with van der Waals surface area (Å²) >= 11 is 0. The maximum Gasteiger partial charge on any atom is 0.0967 e. The second-order valence-corrected chi connectivity index (χ2v) is 7.40. The van der Waals surface area contributed by atoms with Gasteiger partial charge in [-0.05, 0) is 32.1 Å². The van der Waals surface area contributed by atoms with Crippen molar-refractivity contribution in [2.24, 2.45) is 0 Å². The van der Waals surface area contributed by atoms with Crippen molar-refractivity contribution in [3.63, 3.8) is 0 Å². The zero-order valence-electron chi connectivity index (χ0n) is 15.7. The van der Waals surface area contributed by atoms with Gasteiger partial charge in [0, 0.05) is 45.2 Å². The summed E-state index contributed by atoms with van der Waals surface area (Å²) in [4.78, 5) is 5.09. The van der Waals surface area contributed by atoms with Gasteiger partial charge in [0.2, 0.25) is 0 Å². The lowest BCUT2D eigenvalue weighted by Gasteiger charge is -2.08. The quantitative estimate of drug-likeness (QED) is 0.388. The second kappa shape index (κ2) is 5.84. The molecule has 0 unspecified atom stereocenters. The van der Waals surface area contributed by atoms with Gasteiger partial charge < -0.3 is 20.1 Å². The van der Waals surface area contributed by atoms with E-state index in [1.807, 2.05) is 7.05 Å². The van der Waals surface area contributed by atoms with Crippen molar-refractivity contribution in [2.45, 2.75) is 13.0 Å². The number of para-hydroxylation sites is 2. The van der Waals surface area contributed by atoms with Crippen molar-refractivity contribution in [3.8, 4) is 0 Å². The van der Waals surface area contributed by atoms with Crippen molar-refractivity contribution in [3.05, 3.63) is 54.7 Å². The first-order valence-corrected chi connectivity index (χ1v) is 9.80. The summed E-state index contributed by atoms with van der Waals surface area (Å²) in [6, 6.07) is 17.1. The first kappa shape index (κ1) is 15.7. The molecule has 0 radical (unpaired) electrons. The van der Waals surface area contributed by atoms with Crippen LogP contribution in [0.1, 0.15) is 6.42 Å². The van der Waals surface area contributed by atoms with Gasteiger partial charge in [-0.1, -0.05) is 36.4 Å². The molecule has 138 valence electrons. The van der Waals surface area contributed by atoms with E-state index in [2.05, 4.69) is 74.8 Å². The largest absolute Gasteiger partial charge is 0.339 e. The van der Waals surface area contributed by atoms with Crippen LogP contribution in [-0.4, -0.2) is 33.3 Å². The molecule has 0 bridgehead atoms. The summed E-state index contributed by atoms with van der Waals surface area (Å²) in [5.74, 6) is 0. The fourth-order valence-corrected chi connectivity index (χ4v) is 4.69. The van der Waals surface area contributed by atoms with Crippen molar-refractivity contribution in [1.29, 1.82) is 0 Å². The number of H-pyrrole nitrogens is 2. The molecular weight excluding hydrogens is 346 g/mol. The van der Waals surface area contributed by atoms with Crippen LogP contribution < -0.4 is 5.32 Å². The Bertz CT molecular complexity index is 1480. The van der Waals surface area contributed by atoms with Gasteiger partial charge in [0.25, 0.3) is 0 Å². The number of nitrogens with one attached hydrogen (secondary N) is 3. The molecule has 0 amide bonds. The lowest BCUT2D eigenvalue weighted by molar-refractivity contribution is 0.639. The van der Waals surface area contributed by atoms with Crippen molar-refractivity contribution in [1.82, 2.24) is 25.1 Å². The van der Waals surface area contributed by atoms with E-state index in [1.165, 1.54) is 38.0 Å². The SMILES string of the molecule is CNCCCn1c2ccccc2c2c3[nH][nH]cc3c3c4ccccc4nc3c21. The Morgan fingerprint density at radius 3 is 2.68 bits per heavy atom. The number of benzene rings is 3. The molecule has 6 aromatic rings. The van der Waals surface area contributed by atoms with Crippen LogP contribution in [0, 0.1) is 0 Å². The Morgan fingerprint density at radius 2 is 1.79 bits per heavy atom. The molecule has 3 N–H and O–H groups in total. The zero-order chi connectivity index (χ0) is 18.7. The van der Waals surface area contributed by atoms with Gasteiger partial charge in [-0.25, -0.2) is 4.98 Å². The lowest BCUT2D eigenvalue weighted by atomic mass is 10.0. The average molecular weight is 367 g/mol. The molecule has 0 aliphatic rings. The summed E-state index contributed by atoms with van der Waals surface area (Å²) in [5, 5.41) is 16.1. The van der Waals surface area contributed by atoms with Crippen LogP contribution in [-0.2, 0) is 6.54 Å². The Morgan fingerprint density at radius 1 is 0.964 bits per heavy atom. The van der Waals surface area contributed by atoms with Gasteiger partial charge in [-0.15, -0.1) is 0 Å². The molecule has 0 spiro atoms. The van der Waals surface area contributed by atoms with Gasteiger partial charge in [0.15, 0.2) is 0 Å². The number of hydrogen-bond acceptors (Lipinski definition) is 2. The van der Waals surface area contributed by atoms with E-state index in [1.54, 1.807) is 0 Å². The minimum Gasteiger partial charge on any atom is -0.339 e. The highest BCUT2D eigenvalue weighted by molar-refractivity contribution is 6.34. The normalized spacial score (nSPS) is 12.3.